The van der Waals surface area contributed by atoms with Crippen LogP contribution in [-0.4, -0.2) is 63.4 Å². The first-order chi connectivity index (χ1) is 21.8. The van der Waals surface area contributed by atoms with Crippen LogP contribution < -0.4 is 21.1 Å². The van der Waals surface area contributed by atoms with Crippen molar-refractivity contribution < 1.29 is 31.1 Å². The fourth-order valence-corrected chi connectivity index (χ4v) is 7.17. The Hall–Kier alpha value is -4.05. The molecule has 0 amide bonds. The van der Waals surface area contributed by atoms with Gasteiger partial charge in [0, 0.05) is 23.6 Å². The molecule has 244 valence electrons. The summed E-state index contributed by atoms with van der Waals surface area (Å²) in [5, 5.41) is 0.130. The maximum Gasteiger partial charge on any atom is 0.417 e. The van der Waals surface area contributed by atoms with Gasteiger partial charge in [0.05, 0.1) is 23.7 Å². The molecule has 0 unspecified atom stereocenters. The molecule has 46 heavy (non-hydrogen) atoms. The molecule has 2 aliphatic heterocycles. The van der Waals surface area contributed by atoms with E-state index in [0.29, 0.717) is 11.3 Å². The number of nitrogens with zero attached hydrogens (tertiary/aromatic N) is 6. The molecule has 5 heterocycles. The van der Waals surface area contributed by atoms with Crippen molar-refractivity contribution in [1.29, 1.82) is 0 Å². The number of thioether (sulfide) groups is 1. The lowest BCUT2D eigenvalue weighted by Crippen LogP contribution is -2.31. The number of nitrogen functional groups attached to an aromatic ring is 2. The standard InChI is InChI=1S/C30H30F6N8OS/c1-13-19(30(34,35)36)17(21(32)23(37)20(13)31)24-22(33)25-18-27(42-29(41-25)46-12-15-6-5-9-43(15)3)44(10-11-45-28(18)40-24)14(2)16-7-4-8-39-26(16)38/h4,7-8,14-15H,5-6,9-12,37H2,1-3H3,(H2,38,39)/t14-,15+/m1/s1. The van der Waals surface area contributed by atoms with Crippen molar-refractivity contribution >= 4 is 40.0 Å². The van der Waals surface area contributed by atoms with Crippen LogP contribution >= 0.6 is 11.8 Å². The van der Waals surface area contributed by atoms with E-state index >= 15 is 8.78 Å². The second-order valence-electron chi connectivity index (χ2n) is 11.3. The van der Waals surface area contributed by atoms with Gasteiger partial charge in [0.25, 0.3) is 0 Å². The molecule has 2 atom stereocenters. The van der Waals surface area contributed by atoms with Crippen LogP contribution in [0.4, 0.5) is 43.7 Å². The molecule has 3 aromatic heterocycles. The van der Waals surface area contributed by atoms with E-state index in [1.807, 2.05) is 18.9 Å². The molecule has 4 aromatic rings. The maximum absolute atomic E-state index is 16.7. The lowest BCUT2D eigenvalue weighted by Gasteiger charge is -2.30. The topological polar surface area (TPSA) is 119 Å². The highest BCUT2D eigenvalue weighted by Gasteiger charge is 2.42. The van der Waals surface area contributed by atoms with E-state index in [0.717, 1.165) is 26.3 Å². The quantitative estimate of drug-likeness (QED) is 0.108. The third-order valence-corrected chi connectivity index (χ3v) is 9.58. The monoisotopic (exact) mass is 664 g/mol. The van der Waals surface area contributed by atoms with Gasteiger partial charge in [0.2, 0.25) is 5.88 Å². The number of rotatable bonds is 6. The average molecular weight is 665 g/mol. The minimum atomic E-state index is -5.28. The van der Waals surface area contributed by atoms with E-state index in [4.69, 9.17) is 21.2 Å². The van der Waals surface area contributed by atoms with Crippen LogP contribution in [0.1, 0.15) is 42.5 Å². The van der Waals surface area contributed by atoms with Crippen molar-refractivity contribution in [2.24, 2.45) is 0 Å². The summed E-state index contributed by atoms with van der Waals surface area (Å²) >= 11 is 1.26. The Bertz CT molecular complexity index is 1840. The molecular formula is C30H30F6N8OS. The molecule has 0 bridgehead atoms. The van der Waals surface area contributed by atoms with Crippen LogP contribution in [0, 0.1) is 24.4 Å². The number of halogens is 6. The van der Waals surface area contributed by atoms with Crippen molar-refractivity contribution in [2.45, 2.75) is 50.1 Å². The van der Waals surface area contributed by atoms with E-state index in [1.54, 1.807) is 18.3 Å². The molecule has 16 heteroatoms. The summed E-state index contributed by atoms with van der Waals surface area (Å²) in [7, 11) is 2.00. The fraction of sp³-hybridized carbons (Fsp3) is 0.400. The van der Waals surface area contributed by atoms with Crippen molar-refractivity contribution in [2.75, 3.05) is 48.9 Å². The van der Waals surface area contributed by atoms with E-state index in [-0.39, 0.29) is 47.3 Å². The zero-order valence-corrected chi connectivity index (χ0v) is 25.9. The van der Waals surface area contributed by atoms with Crippen molar-refractivity contribution in [3.05, 3.63) is 52.5 Å². The van der Waals surface area contributed by atoms with E-state index in [9.17, 15) is 17.6 Å². The van der Waals surface area contributed by atoms with Crippen LogP contribution in [0.5, 0.6) is 5.88 Å². The Labute approximate surface area is 264 Å². The van der Waals surface area contributed by atoms with Crippen LogP contribution in [0.25, 0.3) is 22.2 Å². The van der Waals surface area contributed by atoms with Crippen molar-refractivity contribution in [1.82, 2.24) is 24.8 Å². The van der Waals surface area contributed by atoms with E-state index in [2.05, 4.69) is 19.9 Å². The Balaban J connectivity index is 1.61. The maximum atomic E-state index is 16.7. The lowest BCUT2D eigenvalue weighted by molar-refractivity contribution is -0.137. The van der Waals surface area contributed by atoms with Gasteiger partial charge >= 0.3 is 6.18 Å². The number of likely N-dealkylation sites (tertiary alicyclic amines) is 1. The zero-order valence-electron chi connectivity index (χ0n) is 25.1. The van der Waals surface area contributed by atoms with Crippen LogP contribution in [0.15, 0.2) is 23.5 Å². The molecular weight excluding hydrogens is 634 g/mol. The molecule has 1 saturated heterocycles. The van der Waals surface area contributed by atoms with Crippen LogP contribution in [0.2, 0.25) is 0 Å². The molecule has 4 N–H and O–H groups in total. The van der Waals surface area contributed by atoms with Gasteiger partial charge in [-0.3, -0.25) is 0 Å². The fourth-order valence-electron chi connectivity index (χ4n) is 6.10. The van der Waals surface area contributed by atoms with Gasteiger partial charge < -0.3 is 26.0 Å². The molecule has 1 aromatic carbocycles. The molecule has 0 aliphatic carbocycles. The number of benzene rings is 1. The number of anilines is 3. The van der Waals surface area contributed by atoms with Crippen molar-refractivity contribution in [3.63, 3.8) is 0 Å². The Morgan fingerprint density at radius 3 is 2.52 bits per heavy atom. The Morgan fingerprint density at radius 2 is 1.85 bits per heavy atom. The Kier molecular flexibility index (Phi) is 8.29. The second-order valence-corrected chi connectivity index (χ2v) is 12.3. The zero-order chi connectivity index (χ0) is 33.1. The van der Waals surface area contributed by atoms with Gasteiger partial charge in [0.1, 0.15) is 40.5 Å². The average Bonchev–Trinajstić information content (AvgIpc) is 3.34. The molecule has 0 saturated carbocycles. The van der Waals surface area contributed by atoms with Crippen molar-refractivity contribution in [3.8, 4) is 17.1 Å². The molecule has 0 radical (unpaired) electrons. The molecule has 6 rings (SSSR count). The van der Waals surface area contributed by atoms with Crippen LogP contribution in [-0.2, 0) is 6.18 Å². The highest BCUT2D eigenvalue weighted by atomic mass is 32.2. The number of nitrogens with two attached hydrogens (primary N) is 2. The third-order valence-electron chi connectivity index (χ3n) is 8.59. The smallest absolute Gasteiger partial charge is 0.417 e. The van der Waals surface area contributed by atoms with Gasteiger partial charge in [-0.25, -0.2) is 33.1 Å². The van der Waals surface area contributed by atoms with Gasteiger partial charge in [-0.15, -0.1) is 0 Å². The summed E-state index contributed by atoms with van der Waals surface area (Å²) in [6.45, 7) is 3.70. The highest BCUT2D eigenvalue weighted by molar-refractivity contribution is 7.99. The summed E-state index contributed by atoms with van der Waals surface area (Å²) in [4.78, 5) is 21.4. The largest absolute Gasteiger partial charge is 0.475 e. The minimum absolute atomic E-state index is 0.0174. The summed E-state index contributed by atoms with van der Waals surface area (Å²) < 4.78 is 95.7. The third kappa shape index (κ3) is 5.40. The first-order valence-electron chi connectivity index (χ1n) is 14.5. The lowest BCUT2D eigenvalue weighted by atomic mass is 9.95. The highest BCUT2D eigenvalue weighted by Crippen LogP contribution is 2.47. The molecule has 0 spiro atoms. The normalized spacial score (nSPS) is 17.8. The molecule has 2 aliphatic rings. The van der Waals surface area contributed by atoms with Gasteiger partial charge in [0.15, 0.2) is 22.6 Å². The van der Waals surface area contributed by atoms with E-state index in [1.165, 1.54) is 11.8 Å². The SMILES string of the molecule is Cc1c(F)c(N)c(F)c(-c2nc3c4c(nc(SC[C@@H]5CCCN5C)nc4c2F)N([C@H](C)c2cccnc2N)CCO3)c1C(F)(F)F. The minimum Gasteiger partial charge on any atom is -0.475 e. The van der Waals surface area contributed by atoms with Gasteiger partial charge in [-0.2, -0.15) is 13.2 Å². The second kappa shape index (κ2) is 12.0. The summed E-state index contributed by atoms with van der Waals surface area (Å²) in [5.41, 5.74) is 5.61. The summed E-state index contributed by atoms with van der Waals surface area (Å²) in [6, 6.07) is 3.25. The molecule has 9 nitrogen and oxygen atoms in total. The summed E-state index contributed by atoms with van der Waals surface area (Å²) in [6.07, 6.45) is -1.78. The first kappa shape index (κ1) is 31.9. The number of hydrogen-bond donors (Lipinski definition) is 2. The van der Waals surface area contributed by atoms with Gasteiger partial charge in [-0.1, -0.05) is 17.8 Å². The van der Waals surface area contributed by atoms with Gasteiger partial charge in [-0.05, 0) is 51.9 Å². The first-order valence-corrected chi connectivity index (χ1v) is 15.5. The number of alkyl halides is 3. The molecule has 1 fully saturated rings. The Morgan fingerprint density at radius 1 is 1.09 bits per heavy atom. The number of pyridine rings is 2. The number of ether oxygens (including phenoxy) is 1. The predicted molar refractivity (Wildman–Crippen MR) is 163 cm³/mol. The van der Waals surface area contributed by atoms with Crippen LogP contribution in [0.3, 0.4) is 0 Å². The predicted octanol–water partition coefficient (Wildman–Crippen LogP) is 6.14. The van der Waals surface area contributed by atoms with E-state index < -0.39 is 63.3 Å². The number of aromatic nitrogens is 4. The number of hydrogen-bond acceptors (Lipinski definition) is 10. The summed E-state index contributed by atoms with van der Waals surface area (Å²) in [5.74, 6) is -4.02.